The Morgan fingerprint density at radius 1 is 1.29 bits per heavy atom. The van der Waals surface area contributed by atoms with Gasteiger partial charge in [0.25, 0.3) is 0 Å². The summed E-state index contributed by atoms with van der Waals surface area (Å²) in [6.07, 6.45) is 1.23. The highest BCUT2D eigenvalue weighted by Gasteiger charge is 2.38. The van der Waals surface area contributed by atoms with Crippen LogP contribution < -0.4 is 10.1 Å². The van der Waals surface area contributed by atoms with E-state index >= 15 is 0 Å². The van der Waals surface area contributed by atoms with Gasteiger partial charge < -0.3 is 15.2 Å². The van der Waals surface area contributed by atoms with Gasteiger partial charge in [0.15, 0.2) is 17.3 Å². The van der Waals surface area contributed by atoms with E-state index in [9.17, 15) is 14.7 Å². The lowest BCUT2D eigenvalue weighted by Gasteiger charge is -2.34. The van der Waals surface area contributed by atoms with Crippen LogP contribution in [0.15, 0.2) is 40.9 Å². The third-order valence-electron chi connectivity index (χ3n) is 5.23. The summed E-state index contributed by atoms with van der Waals surface area (Å²) < 4.78 is 5.47. The van der Waals surface area contributed by atoms with Crippen molar-refractivity contribution in [2.45, 2.75) is 38.0 Å². The number of halogens is 1. The van der Waals surface area contributed by atoms with Crippen LogP contribution in [-0.4, -0.2) is 23.4 Å². The lowest BCUT2D eigenvalue weighted by Crippen LogP contribution is -2.38. The summed E-state index contributed by atoms with van der Waals surface area (Å²) in [5.41, 5.74) is 2.06. The maximum absolute atomic E-state index is 13.1. The summed E-state index contributed by atoms with van der Waals surface area (Å²) >= 11 is 7.81. The Bertz CT molecular complexity index is 967. The molecule has 1 aromatic carbocycles. The predicted molar refractivity (Wildman–Crippen MR) is 108 cm³/mol. The summed E-state index contributed by atoms with van der Waals surface area (Å²) in [5, 5.41) is 15.2. The third-order valence-corrected chi connectivity index (χ3v) is 6.56. The summed E-state index contributed by atoms with van der Waals surface area (Å²) in [6.45, 7) is 2.18. The summed E-state index contributed by atoms with van der Waals surface area (Å²) in [5.74, 6) is -0.241. The molecule has 2 aliphatic rings. The molecule has 1 aliphatic heterocycles. The molecule has 1 amide bonds. The fraction of sp³-hybridized carbons (Fsp3) is 0.333. The molecule has 0 saturated heterocycles. The number of thiophene rings is 1. The zero-order valence-corrected chi connectivity index (χ0v) is 16.9. The van der Waals surface area contributed by atoms with Gasteiger partial charge in [0.2, 0.25) is 5.91 Å². The number of rotatable bonds is 4. The van der Waals surface area contributed by atoms with Crippen molar-refractivity contribution >= 4 is 34.6 Å². The predicted octanol–water partition coefficient (Wildman–Crippen LogP) is 4.51. The van der Waals surface area contributed by atoms with Gasteiger partial charge in [-0.3, -0.25) is 9.59 Å². The van der Waals surface area contributed by atoms with Crippen LogP contribution in [0.2, 0.25) is 5.02 Å². The first-order chi connectivity index (χ1) is 13.5. The number of aromatic hydroxyl groups is 1. The van der Waals surface area contributed by atoms with E-state index in [1.54, 1.807) is 23.5 Å². The number of hydrogen-bond acceptors (Lipinski definition) is 5. The molecule has 0 saturated carbocycles. The van der Waals surface area contributed by atoms with E-state index in [1.807, 2.05) is 24.4 Å². The van der Waals surface area contributed by atoms with E-state index < -0.39 is 5.92 Å². The Morgan fingerprint density at radius 2 is 2.11 bits per heavy atom. The molecule has 146 valence electrons. The quantitative estimate of drug-likeness (QED) is 0.767. The Balaban J connectivity index is 1.75. The van der Waals surface area contributed by atoms with Crippen LogP contribution in [0, 0.1) is 0 Å². The third kappa shape index (κ3) is 3.42. The topological polar surface area (TPSA) is 75.6 Å². The monoisotopic (exact) mass is 417 g/mol. The molecular formula is C21H20ClNO4S. The minimum absolute atomic E-state index is 0.0480. The number of phenols is 1. The molecular weight excluding hydrogens is 398 g/mol. The minimum atomic E-state index is -0.391. The molecule has 2 atom stereocenters. The molecule has 5 nitrogen and oxygen atoms in total. The Kier molecular flexibility index (Phi) is 5.17. The van der Waals surface area contributed by atoms with Gasteiger partial charge in [0.05, 0.1) is 11.6 Å². The van der Waals surface area contributed by atoms with Crippen LogP contribution in [-0.2, 0) is 9.59 Å². The fourth-order valence-electron chi connectivity index (χ4n) is 4.03. The van der Waals surface area contributed by atoms with Gasteiger partial charge in [0, 0.05) is 40.8 Å². The molecule has 2 heterocycles. The smallest absolute Gasteiger partial charge is 0.225 e. The summed E-state index contributed by atoms with van der Waals surface area (Å²) in [7, 11) is 0. The Hall–Kier alpha value is -2.31. The van der Waals surface area contributed by atoms with Crippen molar-refractivity contribution in [3.63, 3.8) is 0 Å². The van der Waals surface area contributed by atoms with Gasteiger partial charge in [-0.1, -0.05) is 17.7 Å². The Morgan fingerprint density at radius 3 is 2.82 bits per heavy atom. The molecule has 0 radical (unpaired) electrons. The van der Waals surface area contributed by atoms with Crippen molar-refractivity contribution in [2.24, 2.45) is 0 Å². The van der Waals surface area contributed by atoms with Crippen molar-refractivity contribution in [2.75, 3.05) is 6.61 Å². The van der Waals surface area contributed by atoms with E-state index in [2.05, 4.69) is 5.32 Å². The molecule has 2 aromatic rings. The van der Waals surface area contributed by atoms with E-state index in [1.165, 1.54) is 0 Å². The average molecular weight is 418 g/mol. The Labute approximate surface area is 172 Å². The van der Waals surface area contributed by atoms with Crippen molar-refractivity contribution in [3.8, 4) is 11.5 Å². The van der Waals surface area contributed by atoms with Crippen LogP contribution in [0.1, 0.15) is 48.5 Å². The van der Waals surface area contributed by atoms with Crippen LogP contribution >= 0.6 is 22.9 Å². The van der Waals surface area contributed by atoms with Gasteiger partial charge in [0.1, 0.15) is 0 Å². The van der Waals surface area contributed by atoms with Crippen LogP contribution in [0.4, 0.5) is 0 Å². The van der Waals surface area contributed by atoms with Crippen LogP contribution in [0.25, 0.3) is 0 Å². The number of Topliss-reactive ketones (excluding diaryl/α,β-unsaturated/α-hetero) is 1. The number of benzene rings is 1. The number of nitrogens with one attached hydrogen (secondary N) is 1. The zero-order valence-electron chi connectivity index (χ0n) is 15.3. The molecule has 0 fully saturated rings. The van der Waals surface area contributed by atoms with E-state index in [-0.39, 0.29) is 40.6 Å². The number of allylic oxidation sites excluding steroid dienone is 2. The first-order valence-corrected chi connectivity index (χ1v) is 10.5. The highest BCUT2D eigenvalue weighted by Crippen LogP contribution is 2.46. The van der Waals surface area contributed by atoms with Gasteiger partial charge in [-0.2, -0.15) is 0 Å². The molecule has 1 aliphatic carbocycles. The maximum Gasteiger partial charge on any atom is 0.225 e. The van der Waals surface area contributed by atoms with Gasteiger partial charge in [-0.25, -0.2) is 0 Å². The minimum Gasteiger partial charge on any atom is -0.503 e. The normalized spacial score (nSPS) is 22.1. The number of amides is 1. The molecule has 0 bridgehead atoms. The highest BCUT2D eigenvalue weighted by atomic mass is 35.5. The molecule has 4 rings (SSSR count). The number of ketones is 1. The summed E-state index contributed by atoms with van der Waals surface area (Å²) in [4.78, 5) is 26.6. The van der Waals surface area contributed by atoms with Gasteiger partial charge in [-0.15, -0.1) is 11.3 Å². The second-order valence-corrected chi connectivity index (χ2v) is 8.41. The van der Waals surface area contributed by atoms with Crippen molar-refractivity contribution < 1.29 is 19.4 Å². The molecule has 28 heavy (non-hydrogen) atoms. The number of phenolic OH excluding ortho intramolecular Hbond substituents is 1. The van der Waals surface area contributed by atoms with E-state index in [4.69, 9.17) is 16.3 Å². The molecule has 0 unspecified atom stereocenters. The van der Waals surface area contributed by atoms with Crippen LogP contribution in [0.5, 0.6) is 11.5 Å². The average Bonchev–Trinajstić information content (AvgIpc) is 3.19. The van der Waals surface area contributed by atoms with E-state index in [0.717, 1.165) is 4.88 Å². The van der Waals surface area contributed by atoms with E-state index in [0.29, 0.717) is 36.3 Å². The van der Waals surface area contributed by atoms with Gasteiger partial charge >= 0.3 is 0 Å². The second kappa shape index (κ2) is 7.60. The zero-order chi connectivity index (χ0) is 19.8. The SMILES string of the molecule is CCOc1cc([C@@H]2CC(=O)NC3=C2C(=O)C[C@H](c2cccs2)C3)cc(Cl)c1O. The van der Waals surface area contributed by atoms with Crippen molar-refractivity contribution in [1.29, 1.82) is 0 Å². The molecule has 7 heteroatoms. The standard InChI is InChI=1S/C21H20ClNO4S/c1-2-27-17-9-11(6-14(22)21(17)26)13-10-19(25)23-15-7-12(8-16(24)20(13)15)18-4-3-5-28-18/h3-6,9,12-13,26H,2,7-8,10H2,1H3,(H,23,25)/t12-,13+/m1/s1. The lowest BCUT2D eigenvalue weighted by molar-refractivity contribution is -0.122. The van der Waals surface area contributed by atoms with Gasteiger partial charge in [-0.05, 0) is 42.5 Å². The lowest BCUT2D eigenvalue weighted by atomic mass is 9.74. The first kappa shape index (κ1) is 19.0. The molecule has 1 aromatic heterocycles. The van der Waals surface area contributed by atoms with Crippen molar-refractivity contribution in [3.05, 3.63) is 56.4 Å². The highest BCUT2D eigenvalue weighted by molar-refractivity contribution is 7.10. The number of ether oxygens (including phenoxy) is 1. The molecule has 0 spiro atoms. The van der Waals surface area contributed by atoms with Crippen LogP contribution in [0.3, 0.4) is 0 Å². The number of carbonyl (C=O) groups excluding carboxylic acids is 2. The van der Waals surface area contributed by atoms with Crippen molar-refractivity contribution in [1.82, 2.24) is 5.32 Å². The first-order valence-electron chi connectivity index (χ1n) is 9.22. The maximum atomic E-state index is 13.1. The summed E-state index contributed by atoms with van der Waals surface area (Å²) in [6, 6.07) is 7.30. The second-order valence-electron chi connectivity index (χ2n) is 7.02. The fourth-order valence-corrected chi connectivity index (χ4v) is 5.08. The number of hydrogen-bond donors (Lipinski definition) is 2. The number of carbonyl (C=O) groups is 2. The largest absolute Gasteiger partial charge is 0.503 e. The molecule has 2 N–H and O–H groups in total.